The molecule has 0 bridgehead atoms. The summed E-state index contributed by atoms with van der Waals surface area (Å²) in [5.41, 5.74) is 1.83. The lowest BCUT2D eigenvalue weighted by molar-refractivity contribution is 0.0620. The Balaban J connectivity index is 1.19. The molecule has 32 heavy (non-hydrogen) atoms. The van der Waals surface area contributed by atoms with Gasteiger partial charge < -0.3 is 14.2 Å². The van der Waals surface area contributed by atoms with Gasteiger partial charge in [0.25, 0.3) is 5.91 Å². The topological polar surface area (TPSA) is 89.5 Å². The number of benzene rings is 1. The maximum Gasteiger partial charge on any atom is 0.264 e. The van der Waals surface area contributed by atoms with Crippen LogP contribution in [0, 0.1) is 6.92 Å². The van der Waals surface area contributed by atoms with Gasteiger partial charge in [0.05, 0.1) is 24.2 Å². The summed E-state index contributed by atoms with van der Waals surface area (Å²) in [5.74, 6) is 2.01. The lowest BCUT2D eigenvalue weighted by Crippen LogP contribution is -2.48. The first-order valence-corrected chi connectivity index (χ1v) is 11.3. The number of thiophene rings is 1. The quantitative estimate of drug-likeness (QED) is 0.460. The van der Waals surface area contributed by atoms with Crippen molar-refractivity contribution in [3.05, 3.63) is 46.8 Å². The van der Waals surface area contributed by atoms with E-state index in [1.54, 1.807) is 7.11 Å². The smallest absolute Gasteiger partial charge is 0.264 e. The fourth-order valence-corrected chi connectivity index (χ4v) is 5.03. The van der Waals surface area contributed by atoms with Crippen LogP contribution in [0.4, 0.5) is 0 Å². The maximum atomic E-state index is 13.0. The lowest BCUT2D eigenvalue weighted by atomic mass is 10.2. The number of carbonyl (C=O) groups excluding carboxylic acids is 1. The summed E-state index contributed by atoms with van der Waals surface area (Å²) >= 11 is 1.51. The van der Waals surface area contributed by atoms with Crippen molar-refractivity contribution in [3.8, 4) is 17.1 Å². The molecule has 0 N–H and O–H groups in total. The van der Waals surface area contributed by atoms with Gasteiger partial charge in [-0.05, 0) is 37.3 Å². The number of carbonyl (C=O) groups is 1. The third-order valence-electron chi connectivity index (χ3n) is 5.74. The molecule has 1 saturated heterocycles. The fourth-order valence-electron chi connectivity index (χ4n) is 3.94. The number of hydrogen-bond donors (Lipinski definition) is 0. The maximum absolute atomic E-state index is 13.0. The van der Waals surface area contributed by atoms with E-state index in [-0.39, 0.29) is 5.91 Å². The van der Waals surface area contributed by atoms with Crippen LogP contribution in [0.2, 0.25) is 0 Å². The second-order valence-electron chi connectivity index (χ2n) is 7.85. The summed E-state index contributed by atoms with van der Waals surface area (Å²) in [4.78, 5) is 23.5. The zero-order valence-electron chi connectivity index (χ0n) is 18.2. The first-order valence-electron chi connectivity index (χ1n) is 10.4. The lowest BCUT2D eigenvalue weighted by Gasteiger charge is -2.33. The highest BCUT2D eigenvalue weighted by molar-refractivity contribution is 7.20. The Morgan fingerprint density at radius 3 is 2.62 bits per heavy atom. The molecule has 4 aromatic rings. The molecule has 0 atom stereocenters. The largest absolute Gasteiger partial charge is 0.497 e. The Kier molecular flexibility index (Phi) is 5.40. The highest BCUT2D eigenvalue weighted by atomic mass is 32.1. The summed E-state index contributed by atoms with van der Waals surface area (Å²) < 4.78 is 12.5. The number of aromatic nitrogens is 4. The van der Waals surface area contributed by atoms with Crippen molar-refractivity contribution >= 4 is 27.5 Å². The Bertz CT molecular complexity index is 1220. The predicted octanol–water partition coefficient (Wildman–Crippen LogP) is 2.96. The minimum atomic E-state index is 0.0878. The fraction of sp³-hybridized carbons (Fsp3) is 0.364. The Hall–Kier alpha value is -3.24. The van der Waals surface area contributed by atoms with Crippen LogP contribution in [0.5, 0.6) is 5.75 Å². The van der Waals surface area contributed by atoms with Gasteiger partial charge in [-0.25, -0.2) is 0 Å². The van der Waals surface area contributed by atoms with Gasteiger partial charge in [-0.3, -0.25) is 14.4 Å². The number of aryl methyl sites for hydroxylation is 2. The number of piperazine rings is 1. The summed E-state index contributed by atoms with van der Waals surface area (Å²) in [7, 11) is 3.55. The number of methoxy groups -OCH3 is 1. The number of amides is 1. The summed E-state index contributed by atoms with van der Waals surface area (Å²) in [6, 6.07) is 9.52. The molecule has 4 heterocycles. The Labute approximate surface area is 189 Å². The van der Waals surface area contributed by atoms with Crippen molar-refractivity contribution in [2.45, 2.75) is 13.5 Å². The molecule has 1 aliphatic rings. The van der Waals surface area contributed by atoms with Crippen LogP contribution in [0.3, 0.4) is 0 Å². The molecule has 1 aromatic carbocycles. The molecule has 0 radical (unpaired) electrons. The van der Waals surface area contributed by atoms with Gasteiger partial charge in [0, 0.05) is 44.2 Å². The SMILES string of the molecule is COc1ccc(-c2noc(CN3CCN(C(=O)c4cc5c(C)nn(C)c5s4)CC3)n2)cc1. The Morgan fingerprint density at radius 2 is 1.94 bits per heavy atom. The van der Waals surface area contributed by atoms with Crippen LogP contribution in [0.15, 0.2) is 34.9 Å². The van der Waals surface area contributed by atoms with Gasteiger partial charge in [0.15, 0.2) is 0 Å². The normalized spacial score (nSPS) is 14.9. The molecule has 10 heteroatoms. The van der Waals surface area contributed by atoms with E-state index in [1.807, 2.05) is 53.9 Å². The molecule has 0 saturated carbocycles. The number of rotatable bonds is 5. The average molecular weight is 453 g/mol. The van der Waals surface area contributed by atoms with E-state index in [2.05, 4.69) is 20.1 Å². The first kappa shape index (κ1) is 20.7. The second kappa shape index (κ2) is 8.36. The van der Waals surface area contributed by atoms with Gasteiger partial charge in [0.1, 0.15) is 10.6 Å². The van der Waals surface area contributed by atoms with E-state index in [4.69, 9.17) is 9.26 Å². The van der Waals surface area contributed by atoms with Crippen molar-refractivity contribution in [2.24, 2.45) is 7.05 Å². The number of hydrogen-bond acceptors (Lipinski definition) is 8. The van der Waals surface area contributed by atoms with Crippen LogP contribution in [0.1, 0.15) is 21.3 Å². The second-order valence-corrected chi connectivity index (χ2v) is 8.88. The van der Waals surface area contributed by atoms with E-state index >= 15 is 0 Å². The average Bonchev–Trinajstić information content (AvgIpc) is 3.52. The minimum absolute atomic E-state index is 0.0878. The monoisotopic (exact) mass is 452 g/mol. The van der Waals surface area contributed by atoms with Crippen molar-refractivity contribution in [1.82, 2.24) is 29.7 Å². The van der Waals surface area contributed by atoms with Crippen LogP contribution in [0.25, 0.3) is 21.6 Å². The van der Waals surface area contributed by atoms with Crippen LogP contribution >= 0.6 is 11.3 Å². The molecule has 3 aromatic heterocycles. The molecule has 1 amide bonds. The molecule has 0 unspecified atom stereocenters. The van der Waals surface area contributed by atoms with Crippen LogP contribution in [-0.2, 0) is 13.6 Å². The first-order chi connectivity index (χ1) is 15.5. The van der Waals surface area contributed by atoms with Crippen LogP contribution < -0.4 is 4.74 Å². The van der Waals surface area contributed by atoms with Gasteiger partial charge in [0.2, 0.25) is 11.7 Å². The van der Waals surface area contributed by atoms with Crippen molar-refractivity contribution in [1.29, 1.82) is 0 Å². The third-order valence-corrected chi connectivity index (χ3v) is 6.93. The van der Waals surface area contributed by atoms with E-state index in [0.29, 0.717) is 31.3 Å². The van der Waals surface area contributed by atoms with Gasteiger partial charge in [-0.1, -0.05) is 5.16 Å². The standard InChI is InChI=1S/C22H24N6O3S/c1-14-17-12-18(32-22(17)26(2)24-14)21(29)28-10-8-27(9-11-28)13-19-23-20(25-31-19)15-4-6-16(30-3)7-5-15/h4-7,12H,8-11,13H2,1-3H3. The van der Waals surface area contributed by atoms with Gasteiger partial charge in [-0.15, -0.1) is 11.3 Å². The molecule has 0 aliphatic carbocycles. The van der Waals surface area contributed by atoms with Crippen molar-refractivity contribution in [3.63, 3.8) is 0 Å². The minimum Gasteiger partial charge on any atom is -0.497 e. The third kappa shape index (κ3) is 3.87. The van der Waals surface area contributed by atoms with Gasteiger partial charge >= 0.3 is 0 Å². The summed E-state index contributed by atoms with van der Waals surface area (Å²) in [6.45, 7) is 5.40. The van der Waals surface area contributed by atoms with Gasteiger partial charge in [-0.2, -0.15) is 10.1 Å². The summed E-state index contributed by atoms with van der Waals surface area (Å²) in [5, 5.41) is 9.57. The molecule has 9 nitrogen and oxygen atoms in total. The summed E-state index contributed by atoms with van der Waals surface area (Å²) in [6.07, 6.45) is 0. The molecular formula is C22H24N6O3S. The number of fused-ring (bicyclic) bond motifs is 1. The number of nitrogens with zero attached hydrogens (tertiary/aromatic N) is 6. The van der Waals surface area contributed by atoms with E-state index in [1.165, 1.54) is 11.3 Å². The predicted molar refractivity (Wildman–Crippen MR) is 121 cm³/mol. The number of ether oxygens (including phenoxy) is 1. The highest BCUT2D eigenvalue weighted by Crippen LogP contribution is 2.29. The zero-order valence-corrected chi connectivity index (χ0v) is 19.1. The van der Waals surface area contributed by atoms with E-state index < -0.39 is 0 Å². The zero-order chi connectivity index (χ0) is 22.2. The van der Waals surface area contributed by atoms with Crippen molar-refractivity contribution < 1.29 is 14.1 Å². The molecule has 1 aliphatic heterocycles. The molecule has 166 valence electrons. The Morgan fingerprint density at radius 1 is 1.19 bits per heavy atom. The molecule has 5 rings (SSSR count). The highest BCUT2D eigenvalue weighted by Gasteiger charge is 2.25. The molecular weight excluding hydrogens is 428 g/mol. The van der Waals surface area contributed by atoms with Crippen molar-refractivity contribution in [2.75, 3.05) is 33.3 Å². The van der Waals surface area contributed by atoms with E-state index in [9.17, 15) is 4.79 Å². The molecule has 0 spiro atoms. The van der Waals surface area contributed by atoms with E-state index in [0.717, 1.165) is 45.2 Å². The molecule has 1 fully saturated rings. The van der Waals surface area contributed by atoms with Crippen LogP contribution in [-0.4, -0.2) is 68.9 Å².